The van der Waals surface area contributed by atoms with Gasteiger partial charge >= 0.3 is 0 Å². The maximum absolute atomic E-state index is 13.7. The van der Waals surface area contributed by atoms with Gasteiger partial charge in [0.25, 0.3) is 5.91 Å². The van der Waals surface area contributed by atoms with E-state index in [2.05, 4.69) is 51.9 Å². The highest BCUT2D eigenvalue weighted by Gasteiger charge is 2.36. The van der Waals surface area contributed by atoms with E-state index in [1.54, 1.807) is 0 Å². The highest BCUT2D eigenvalue weighted by molar-refractivity contribution is 6.07. The van der Waals surface area contributed by atoms with E-state index in [-0.39, 0.29) is 5.91 Å². The number of carbonyl (C=O) groups is 1. The first kappa shape index (κ1) is 19.2. The second-order valence-electron chi connectivity index (χ2n) is 9.60. The normalized spacial score (nSPS) is 28.4. The summed E-state index contributed by atoms with van der Waals surface area (Å²) in [6.07, 6.45) is 13.6. The summed E-state index contributed by atoms with van der Waals surface area (Å²) in [6.45, 7) is 3.10. The quantitative estimate of drug-likeness (QED) is 0.740. The fourth-order valence-corrected chi connectivity index (χ4v) is 6.20. The standard InChI is InChI=1S/C25H35N3O/c1-26-15-7-6-11-20(26)17-27-18-22(21-12-3-5-14-24(21)27)25(29)28-16-8-10-19-9-2-4-13-23(19)28/h3,5,12,14,18-20,23H,2,4,6-11,13,15-17H2,1H3. The molecule has 1 amide bonds. The van der Waals surface area contributed by atoms with Crippen molar-refractivity contribution in [2.75, 3.05) is 20.1 Å². The predicted molar refractivity (Wildman–Crippen MR) is 118 cm³/mol. The van der Waals surface area contributed by atoms with E-state index in [4.69, 9.17) is 0 Å². The molecule has 3 unspecified atom stereocenters. The Morgan fingerprint density at radius 2 is 1.76 bits per heavy atom. The van der Waals surface area contributed by atoms with Crippen LogP contribution in [0, 0.1) is 5.92 Å². The molecule has 3 aliphatic rings. The molecule has 29 heavy (non-hydrogen) atoms. The van der Waals surface area contributed by atoms with Crippen LogP contribution in [0.2, 0.25) is 0 Å². The van der Waals surface area contributed by atoms with E-state index in [1.165, 1.54) is 69.8 Å². The van der Waals surface area contributed by atoms with Crippen molar-refractivity contribution in [3.05, 3.63) is 36.0 Å². The van der Waals surface area contributed by atoms with Gasteiger partial charge in [-0.15, -0.1) is 0 Å². The van der Waals surface area contributed by atoms with Crippen molar-refractivity contribution in [1.29, 1.82) is 0 Å². The third kappa shape index (κ3) is 3.61. The van der Waals surface area contributed by atoms with Crippen molar-refractivity contribution in [2.45, 2.75) is 76.4 Å². The lowest BCUT2D eigenvalue weighted by Crippen LogP contribution is -2.49. The molecule has 3 heterocycles. The Bertz CT molecular complexity index is 870. The third-order valence-electron chi connectivity index (χ3n) is 7.85. The highest BCUT2D eigenvalue weighted by Crippen LogP contribution is 2.37. The molecule has 3 fully saturated rings. The van der Waals surface area contributed by atoms with E-state index < -0.39 is 0 Å². The number of carbonyl (C=O) groups excluding carboxylic acids is 1. The Kier molecular flexibility index (Phi) is 5.38. The van der Waals surface area contributed by atoms with Crippen LogP contribution >= 0.6 is 0 Å². The molecule has 0 N–H and O–H groups in total. The molecule has 0 bridgehead atoms. The minimum atomic E-state index is 0.272. The van der Waals surface area contributed by atoms with Crippen molar-refractivity contribution < 1.29 is 4.79 Å². The van der Waals surface area contributed by atoms with Gasteiger partial charge < -0.3 is 14.4 Å². The van der Waals surface area contributed by atoms with Gasteiger partial charge in [-0.25, -0.2) is 0 Å². The Morgan fingerprint density at radius 3 is 2.66 bits per heavy atom. The van der Waals surface area contributed by atoms with Crippen molar-refractivity contribution in [1.82, 2.24) is 14.4 Å². The van der Waals surface area contributed by atoms with E-state index in [1.807, 2.05) is 0 Å². The highest BCUT2D eigenvalue weighted by atomic mass is 16.2. The van der Waals surface area contributed by atoms with Crippen LogP contribution < -0.4 is 0 Å². The van der Waals surface area contributed by atoms with Crippen LogP contribution in [0.3, 0.4) is 0 Å². The number of rotatable bonds is 3. The van der Waals surface area contributed by atoms with Gasteiger partial charge in [-0.2, -0.15) is 0 Å². The minimum absolute atomic E-state index is 0.272. The number of fused-ring (bicyclic) bond motifs is 2. The van der Waals surface area contributed by atoms with E-state index in [0.717, 1.165) is 30.0 Å². The summed E-state index contributed by atoms with van der Waals surface area (Å²) in [5.74, 6) is 0.999. The number of hydrogen-bond donors (Lipinski definition) is 0. The predicted octanol–water partition coefficient (Wildman–Crippen LogP) is 4.92. The molecule has 4 heteroatoms. The first-order chi connectivity index (χ1) is 14.2. The molecule has 3 atom stereocenters. The van der Waals surface area contributed by atoms with Crippen LogP contribution in [0.5, 0.6) is 0 Å². The number of hydrogen-bond acceptors (Lipinski definition) is 2. The molecular weight excluding hydrogens is 358 g/mol. The fourth-order valence-electron chi connectivity index (χ4n) is 6.20. The zero-order chi connectivity index (χ0) is 19.8. The lowest BCUT2D eigenvalue weighted by atomic mass is 9.78. The lowest BCUT2D eigenvalue weighted by Gasteiger charge is -2.44. The fraction of sp³-hybridized carbons (Fsp3) is 0.640. The smallest absolute Gasteiger partial charge is 0.256 e. The van der Waals surface area contributed by atoms with Gasteiger partial charge in [0.2, 0.25) is 0 Å². The molecule has 0 radical (unpaired) electrons. The molecule has 1 aliphatic carbocycles. The summed E-state index contributed by atoms with van der Waals surface area (Å²) in [5, 5.41) is 1.13. The van der Waals surface area contributed by atoms with E-state index >= 15 is 0 Å². The number of likely N-dealkylation sites (N-methyl/N-ethyl adjacent to an activating group) is 1. The molecule has 2 aliphatic heterocycles. The number of likely N-dealkylation sites (tertiary alicyclic amines) is 2. The Morgan fingerprint density at radius 1 is 0.966 bits per heavy atom. The van der Waals surface area contributed by atoms with Crippen LogP contribution in [-0.2, 0) is 6.54 Å². The summed E-state index contributed by atoms with van der Waals surface area (Å²) < 4.78 is 2.36. The number of nitrogens with zero attached hydrogens (tertiary/aromatic N) is 3. The number of amides is 1. The first-order valence-electron chi connectivity index (χ1n) is 11.8. The third-order valence-corrected chi connectivity index (χ3v) is 7.85. The summed E-state index contributed by atoms with van der Waals surface area (Å²) in [7, 11) is 2.25. The van der Waals surface area contributed by atoms with Gasteiger partial charge in [-0.05, 0) is 64.1 Å². The molecule has 156 valence electrons. The van der Waals surface area contributed by atoms with E-state index in [9.17, 15) is 4.79 Å². The topological polar surface area (TPSA) is 28.5 Å². The molecule has 2 aromatic rings. The largest absolute Gasteiger partial charge is 0.345 e. The zero-order valence-electron chi connectivity index (χ0n) is 17.9. The number of piperidine rings is 2. The monoisotopic (exact) mass is 393 g/mol. The second kappa shape index (κ2) is 8.14. The van der Waals surface area contributed by atoms with Crippen LogP contribution in [-0.4, -0.2) is 52.5 Å². The summed E-state index contributed by atoms with van der Waals surface area (Å²) >= 11 is 0. The Balaban J connectivity index is 1.46. The van der Waals surface area contributed by atoms with Crippen LogP contribution in [0.1, 0.15) is 68.1 Å². The maximum atomic E-state index is 13.7. The van der Waals surface area contributed by atoms with Gasteiger partial charge in [0.1, 0.15) is 0 Å². The number of aromatic nitrogens is 1. The van der Waals surface area contributed by atoms with Gasteiger partial charge in [0, 0.05) is 42.3 Å². The zero-order valence-corrected chi connectivity index (χ0v) is 17.9. The SMILES string of the molecule is CN1CCCCC1Cn1cc(C(=O)N2CCCC3CCCCC32)c2ccccc21. The van der Waals surface area contributed by atoms with Gasteiger partial charge in [-0.3, -0.25) is 4.79 Å². The molecular formula is C25H35N3O. The molecule has 0 spiro atoms. The summed E-state index contributed by atoms with van der Waals surface area (Å²) in [4.78, 5) is 18.5. The maximum Gasteiger partial charge on any atom is 0.256 e. The van der Waals surface area contributed by atoms with Crippen molar-refractivity contribution in [3.8, 4) is 0 Å². The first-order valence-corrected chi connectivity index (χ1v) is 11.8. The Hall–Kier alpha value is -1.81. The van der Waals surface area contributed by atoms with Crippen LogP contribution in [0.25, 0.3) is 10.9 Å². The molecule has 4 nitrogen and oxygen atoms in total. The molecule has 2 saturated heterocycles. The summed E-state index contributed by atoms with van der Waals surface area (Å²) in [6, 6.07) is 9.56. The second-order valence-corrected chi connectivity index (χ2v) is 9.60. The van der Waals surface area contributed by atoms with E-state index in [0.29, 0.717) is 12.1 Å². The van der Waals surface area contributed by atoms with Gasteiger partial charge in [0.05, 0.1) is 5.56 Å². The van der Waals surface area contributed by atoms with Crippen molar-refractivity contribution in [2.24, 2.45) is 5.92 Å². The summed E-state index contributed by atoms with van der Waals surface area (Å²) in [5.41, 5.74) is 2.14. The average Bonchev–Trinajstić information content (AvgIpc) is 3.13. The Labute approximate surface area is 174 Å². The molecule has 1 aromatic heterocycles. The lowest BCUT2D eigenvalue weighted by molar-refractivity contribution is 0.0392. The molecule has 5 rings (SSSR count). The number of benzene rings is 1. The molecule has 1 saturated carbocycles. The van der Waals surface area contributed by atoms with Gasteiger partial charge in [0.15, 0.2) is 0 Å². The van der Waals surface area contributed by atoms with Gasteiger partial charge in [-0.1, -0.05) is 37.5 Å². The minimum Gasteiger partial charge on any atom is -0.345 e. The average molecular weight is 394 g/mol. The van der Waals surface area contributed by atoms with Crippen LogP contribution in [0.15, 0.2) is 30.5 Å². The van der Waals surface area contributed by atoms with Crippen LogP contribution in [0.4, 0.5) is 0 Å². The van der Waals surface area contributed by atoms with Crippen molar-refractivity contribution in [3.63, 3.8) is 0 Å². The number of para-hydroxylation sites is 1. The van der Waals surface area contributed by atoms with Crippen molar-refractivity contribution >= 4 is 16.8 Å². The molecule has 1 aromatic carbocycles.